The minimum absolute atomic E-state index is 0. The van der Waals surface area contributed by atoms with Gasteiger partial charge in [-0.1, -0.05) is 102 Å². The third kappa shape index (κ3) is 32.8. The Bertz CT molecular complexity index is 3660. The van der Waals surface area contributed by atoms with E-state index in [1.54, 1.807) is 69.3 Å². The number of carbonyl (C=O) groups excluding carboxylic acids is 8. The van der Waals surface area contributed by atoms with Crippen molar-refractivity contribution in [1.82, 2.24) is 20.9 Å². The van der Waals surface area contributed by atoms with Crippen LogP contribution in [0.3, 0.4) is 0 Å². The highest BCUT2D eigenvalue weighted by Crippen LogP contribution is 2.41. The molecule has 3 heterocycles. The fraction of sp³-hybridized carbons (Fsp3) is 0.568. The standard InChI is InChI=1S/C55H68N6O10.C12H21NO5.C7H12O4.C6H13NO2.CH4/c1-4-5-7-36-9-12-38(13-10-36)39-14-16-40(17-15-39)48(65)32-42(19-22-52(67)59-33-43(63)34-62)55(69)61(3)53-41-18-21-51(71-27-25-58)45(31-41)44-29-37(11-20-50(44)70-26-24-57)30-46(47(64)8-6-23-56)60-54(68)35(2)28-49(53)66;1-8(11(15)16)4-5-10(14)13-6-9-7-17-12(2,3)18-9;1-5(7(10)11-2)3-4-6(8)9;1-6(2)8-4-5(3-7)9-6;/h9-18,20-21,29,31,35,42-43,46,53,62-63H,4-8,19,22,24-28,30,32-34,57-58H2,1-3H3,(H,59,67)(H,60,68);8-9H,4-7H2,1-3H3,(H,13,14)(H,15,16);5H,3-4H2,1-2H3,(H,8,9);5H,3-4,7H2,1-2H3;1H4/t35-,42-,43?,46+,53+;8-,9?;5-;;/m100../s1. The number of nitrogens with zero attached hydrogens (tertiary/aromatic N) is 2. The van der Waals surface area contributed by atoms with Crippen molar-refractivity contribution in [3.8, 4) is 39.8 Å². The lowest BCUT2D eigenvalue weighted by molar-refractivity contribution is -0.146. The second-order valence-electron chi connectivity index (χ2n) is 28.1. The number of nitriles is 1. The summed E-state index contributed by atoms with van der Waals surface area (Å²) in [4.78, 5) is 129. The lowest BCUT2D eigenvalue weighted by Gasteiger charge is -2.32. The Morgan fingerprint density at radius 3 is 1.84 bits per heavy atom. The zero-order chi connectivity index (χ0) is 81.0. The van der Waals surface area contributed by atoms with Crippen LogP contribution in [0, 0.1) is 35.0 Å². The monoisotopic (exact) mass is 1540 g/mol. The number of nitrogens with one attached hydrogen (secondary N) is 3. The molecule has 29 nitrogen and oxygen atoms in total. The minimum Gasteiger partial charge on any atom is -0.492 e. The Kier molecular flexibility index (Phi) is 42.0. The summed E-state index contributed by atoms with van der Waals surface area (Å²) in [6.45, 7) is 16.2. The van der Waals surface area contributed by atoms with Crippen LogP contribution in [0.25, 0.3) is 22.3 Å². The van der Waals surface area contributed by atoms with Gasteiger partial charge in [0.2, 0.25) is 23.6 Å². The maximum absolute atomic E-state index is 15.1. The van der Waals surface area contributed by atoms with Gasteiger partial charge >= 0.3 is 17.9 Å². The number of nitrogens with two attached hydrogens (primary N) is 3. The highest BCUT2D eigenvalue weighted by molar-refractivity contribution is 6.00. The Morgan fingerprint density at radius 1 is 0.745 bits per heavy atom. The molecule has 4 aromatic carbocycles. The molecule has 0 aromatic heterocycles. The first-order valence-electron chi connectivity index (χ1n) is 37.1. The second kappa shape index (κ2) is 48.5. The van der Waals surface area contributed by atoms with Crippen LogP contribution in [0.2, 0.25) is 0 Å². The van der Waals surface area contributed by atoms with Gasteiger partial charge < -0.3 is 91.6 Å². The first-order valence-corrected chi connectivity index (χ1v) is 37.1. The molecular weight excluding hydrogens is 1420 g/mol. The van der Waals surface area contributed by atoms with E-state index in [0.717, 1.165) is 30.4 Å². The molecule has 0 saturated carbocycles. The van der Waals surface area contributed by atoms with E-state index in [2.05, 4.69) is 39.7 Å². The van der Waals surface area contributed by atoms with E-state index in [4.69, 9.17) is 55.8 Å². The maximum atomic E-state index is 15.1. The number of ether oxygens (including phenoxy) is 7. The zero-order valence-corrected chi connectivity index (χ0v) is 64.6. The van der Waals surface area contributed by atoms with Crippen molar-refractivity contribution in [2.75, 3.05) is 79.9 Å². The van der Waals surface area contributed by atoms with E-state index in [1.807, 2.05) is 58.0 Å². The largest absolute Gasteiger partial charge is 0.492 e. The number of rotatable bonds is 35. The van der Waals surface area contributed by atoms with E-state index in [9.17, 15) is 58.6 Å². The molecule has 4 bridgehead atoms. The molecule has 7 rings (SSSR count). The van der Waals surface area contributed by atoms with Gasteiger partial charge in [0.25, 0.3) is 0 Å². The number of aryl methyl sites for hydroxylation is 1. The normalized spacial score (nSPS) is 18.5. The Morgan fingerprint density at radius 2 is 1.31 bits per heavy atom. The number of benzene rings is 4. The number of unbranched alkanes of at least 4 members (excludes halogenated alkanes) is 1. The highest BCUT2D eigenvalue weighted by Gasteiger charge is 2.38. The van der Waals surface area contributed by atoms with Crippen LogP contribution < -0.4 is 42.6 Å². The Balaban J connectivity index is 0.000000646. The molecule has 4 aromatic rings. The van der Waals surface area contributed by atoms with Gasteiger partial charge in [-0.3, -0.25) is 47.9 Å². The number of methoxy groups -OCH3 is 1. The number of carbonyl (C=O) groups is 10. The van der Waals surface area contributed by atoms with Gasteiger partial charge in [-0.25, -0.2) is 0 Å². The molecule has 0 aliphatic carbocycles. The quantitative estimate of drug-likeness (QED) is 0.0159. The number of hydrogen-bond acceptors (Lipinski definition) is 23. The molecule has 0 radical (unpaired) electrons. The first-order chi connectivity index (χ1) is 51.7. The summed E-state index contributed by atoms with van der Waals surface area (Å²) in [6.07, 6.45) is 1.70. The number of carboxylic acid groups (broad SMARTS) is 2. The number of amides is 4. The van der Waals surface area contributed by atoms with Gasteiger partial charge in [0.1, 0.15) is 36.9 Å². The van der Waals surface area contributed by atoms with Gasteiger partial charge in [0.15, 0.2) is 28.9 Å². The van der Waals surface area contributed by atoms with E-state index in [1.165, 1.54) is 24.6 Å². The van der Waals surface area contributed by atoms with Crippen LogP contribution in [0.15, 0.2) is 84.9 Å². The smallest absolute Gasteiger partial charge is 0.308 e. The lowest BCUT2D eigenvalue weighted by Crippen LogP contribution is -2.45. The third-order valence-corrected chi connectivity index (χ3v) is 18.1. The number of likely N-dealkylation sites (N-methyl/N-ethyl adjacent to an activating group) is 1. The van der Waals surface area contributed by atoms with Crippen LogP contribution in [0.5, 0.6) is 11.5 Å². The summed E-state index contributed by atoms with van der Waals surface area (Å²) in [6, 6.07) is 25.2. The van der Waals surface area contributed by atoms with Crippen LogP contribution in [-0.4, -0.2) is 200 Å². The van der Waals surface area contributed by atoms with Crippen LogP contribution >= 0.6 is 0 Å². The number of Topliss-reactive ketones (excluding diaryl/α,β-unsaturated/α-hetero) is 3. The zero-order valence-electron chi connectivity index (χ0n) is 64.6. The molecule has 13 N–H and O–H groups in total. The Hall–Kier alpha value is -9.09. The molecule has 3 unspecified atom stereocenters. The Labute approximate surface area is 646 Å². The second-order valence-corrected chi connectivity index (χ2v) is 28.1. The van der Waals surface area contributed by atoms with E-state index < -0.39 is 89.6 Å². The molecular formula is C81H118N8O21. The van der Waals surface area contributed by atoms with E-state index >= 15 is 4.79 Å². The number of aliphatic hydroxyl groups is 2. The number of aliphatic carboxylic acids is 2. The number of fused-ring (bicyclic) bond motifs is 5. The average Bonchev–Trinajstić information content (AvgIpc) is 0.972. The van der Waals surface area contributed by atoms with Crippen LogP contribution in [0.1, 0.15) is 173 Å². The van der Waals surface area contributed by atoms with Crippen molar-refractivity contribution < 1.29 is 102 Å². The molecule has 2 fully saturated rings. The lowest BCUT2D eigenvalue weighted by atomic mass is 9.87. The maximum Gasteiger partial charge on any atom is 0.308 e. The van der Waals surface area contributed by atoms with Gasteiger partial charge in [0.05, 0.1) is 63.1 Å². The number of esters is 1. The predicted molar refractivity (Wildman–Crippen MR) is 412 cm³/mol. The number of carboxylic acids is 2. The summed E-state index contributed by atoms with van der Waals surface area (Å²) in [5.41, 5.74) is 22.5. The van der Waals surface area contributed by atoms with Crippen molar-refractivity contribution in [3.63, 3.8) is 0 Å². The van der Waals surface area contributed by atoms with Crippen molar-refractivity contribution in [2.45, 2.75) is 195 Å². The van der Waals surface area contributed by atoms with Crippen LogP contribution in [-0.2, 0) is 79.7 Å². The third-order valence-electron chi connectivity index (χ3n) is 18.1. The van der Waals surface area contributed by atoms with Gasteiger partial charge in [0, 0.05) is 113 Å². The molecule has 3 aliphatic rings. The summed E-state index contributed by atoms with van der Waals surface area (Å²) in [7, 11) is 2.73. The van der Waals surface area contributed by atoms with E-state index in [-0.39, 0.29) is 140 Å². The molecule has 2 saturated heterocycles. The summed E-state index contributed by atoms with van der Waals surface area (Å²) in [5, 5.41) is 53.5. The van der Waals surface area contributed by atoms with Crippen molar-refractivity contribution in [2.24, 2.45) is 40.9 Å². The highest BCUT2D eigenvalue weighted by atomic mass is 16.7. The summed E-state index contributed by atoms with van der Waals surface area (Å²) >= 11 is 0. The van der Waals surface area contributed by atoms with E-state index in [0.29, 0.717) is 78.5 Å². The van der Waals surface area contributed by atoms with Gasteiger partial charge in [-0.2, -0.15) is 5.26 Å². The topological polar surface area (TPSA) is 457 Å². The molecule has 110 heavy (non-hydrogen) atoms. The van der Waals surface area contributed by atoms with Gasteiger partial charge in [-0.05, 0) is 118 Å². The minimum atomic E-state index is -1.34. The summed E-state index contributed by atoms with van der Waals surface area (Å²) < 4.78 is 38.2. The van der Waals surface area contributed by atoms with Gasteiger partial charge in [-0.15, -0.1) is 0 Å². The molecule has 608 valence electrons. The SMILES string of the molecule is C.CC1(C)OCC(CN)O1.CCCCc1ccc(-c2ccc(C(=O)C[C@@H](CCC(=O)NCC(O)CO)C(=O)N(C)[C@@H]3C(=O)C[C@@H](C)C(=O)N[C@H](C(=O)CCC#N)Cc4ccc(OCCN)c(c4)-c4cc3ccc4OCCN)cc2)cc1.COC(=O)[C@@H](C)CCC(=O)O.C[C@@H](CCC(=O)NCC1COC(C)(C)O1)C(=O)O. The first kappa shape index (κ1) is 95.1. The van der Waals surface area contributed by atoms with Crippen LogP contribution in [0.4, 0.5) is 0 Å². The molecule has 29 heteroatoms. The fourth-order valence-corrected chi connectivity index (χ4v) is 11.8. The van der Waals surface area contributed by atoms with Crippen molar-refractivity contribution in [1.29, 1.82) is 5.26 Å². The number of ketones is 3. The van der Waals surface area contributed by atoms with Crippen molar-refractivity contribution in [3.05, 3.63) is 107 Å². The fourth-order valence-electron chi connectivity index (χ4n) is 11.8. The predicted octanol–water partition coefficient (Wildman–Crippen LogP) is 7.33. The van der Waals surface area contributed by atoms with Crippen molar-refractivity contribution >= 4 is 58.9 Å². The molecule has 0 spiro atoms. The summed E-state index contributed by atoms with van der Waals surface area (Å²) in [5.74, 6) is -8.43. The molecule has 4 amide bonds. The number of hydrogen-bond donors (Lipinski definition) is 10. The number of aliphatic hydroxyl groups excluding tert-OH is 2. The average molecular weight is 1540 g/mol. The molecule has 9 atom stereocenters. The molecule has 3 aliphatic heterocycles.